The average molecular weight is 194 g/mol. The van der Waals surface area contributed by atoms with E-state index < -0.39 is 0 Å². The van der Waals surface area contributed by atoms with Crippen molar-refractivity contribution in [2.45, 2.75) is 41.5 Å². The van der Waals surface area contributed by atoms with Crippen LogP contribution in [0.5, 0.6) is 0 Å². The maximum Gasteiger partial charge on any atom is 0.0665 e. The Morgan fingerprint density at radius 2 is 1.14 bits per heavy atom. The van der Waals surface area contributed by atoms with Crippen LogP contribution in [0, 0.1) is 23.2 Å². The van der Waals surface area contributed by atoms with Gasteiger partial charge in [0, 0.05) is 0 Å². The van der Waals surface area contributed by atoms with Gasteiger partial charge in [-0.3, -0.25) is 0 Å². The van der Waals surface area contributed by atoms with E-state index >= 15 is 0 Å². The number of azo groups is 1. The van der Waals surface area contributed by atoms with Crippen LogP contribution in [0.25, 0.3) is 0 Å². The first-order valence-electron chi connectivity index (χ1n) is 4.91. The monoisotopic (exact) mass is 194 g/mol. The van der Waals surface area contributed by atoms with Crippen molar-refractivity contribution in [3.8, 4) is 0 Å². The molecule has 0 N–H and O–H groups in total. The third kappa shape index (κ3) is 1.91. The van der Waals surface area contributed by atoms with E-state index in [1.54, 1.807) is 0 Å². The van der Waals surface area contributed by atoms with Gasteiger partial charge in [0.2, 0.25) is 0 Å². The summed E-state index contributed by atoms with van der Waals surface area (Å²) in [4.78, 5) is 0. The summed E-state index contributed by atoms with van der Waals surface area (Å²) in [6.45, 7) is 16.7. The topological polar surface area (TPSA) is 27.7 Å². The first-order valence-corrected chi connectivity index (χ1v) is 4.91. The largest absolute Gasteiger partial charge is 0.525 e. The van der Waals surface area contributed by atoms with Crippen molar-refractivity contribution in [3.05, 3.63) is 12.3 Å². The third-order valence-electron chi connectivity index (χ3n) is 2.09. The van der Waals surface area contributed by atoms with Crippen LogP contribution in [-0.2, 0) is 0 Å². The van der Waals surface area contributed by atoms with E-state index in [9.17, 15) is 0 Å². The van der Waals surface area contributed by atoms with Crippen molar-refractivity contribution in [2.75, 3.05) is 0 Å². The number of hydrogen-bond acceptors (Lipinski definition) is 2. The van der Waals surface area contributed by atoms with Crippen molar-refractivity contribution >= 4 is 6.72 Å². The Bertz CT molecular complexity index is 239. The lowest BCUT2D eigenvalue weighted by Gasteiger charge is -2.40. The van der Waals surface area contributed by atoms with Crippen LogP contribution in [0.15, 0.2) is 10.2 Å². The highest BCUT2D eigenvalue weighted by molar-refractivity contribution is 5.20. The van der Waals surface area contributed by atoms with Gasteiger partial charge in [-0.1, -0.05) is 51.8 Å². The summed E-state index contributed by atoms with van der Waals surface area (Å²) in [6, 6.07) is 0. The van der Waals surface area contributed by atoms with E-state index in [4.69, 9.17) is 0 Å². The van der Waals surface area contributed by atoms with Crippen molar-refractivity contribution in [2.24, 2.45) is 21.1 Å². The zero-order chi connectivity index (χ0) is 11.1. The standard InChI is InChI=1S/C11H20N3/c1-10(2,3)8-12-13-9(14(8)7)11(4,5)6/h7H2,1-6H3/q-1. The van der Waals surface area contributed by atoms with E-state index in [0.29, 0.717) is 0 Å². The quantitative estimate of drug-likeness (QED) is 0.418. The second-order valence-corrected chi connectivity index (χ2v) is 5.78. The van der Waals surface area contributed by atoms with Crippen LogP contribution in [-0.4, -0.2) is 11.3 Å². The van der Waals surface area contributed by atoms with Gasteiger partial charge in [0.1, 0.15) is 0 Å². The maximum atomic E-state index is 4.20. The molecule has 14 heavy (non-hydrogen) atoms. The summed E-state index contributed by atoms with van der Waals surface area (Å²) in [5.74, 6) is 0. The molecule has 0 unspecified atom stereocenters. The number of hydrogen-bond donors (Lipinski definition) is 0. The summed E-state index contributed by atoms with van der Waals surface area (Å²) >= 11 is 0. The van der Waals surface area contributed by atoms with Crippen LogP contribution in [0.4, 0.5) is 0 Å². The molecular formula is C11H20N3-. The van der Waals surface area contributed by atoms with Gasteiger partial charge in [-0.25, -0.2) is 0 Å². The molecule has 3 nitrogen and oxygen atoms in total. The van der Waals surface area contributed by atoms with Crippen molar-refractivity contribution in [3.63, 3.8) is 0 Å². The van der Waals surface area contributed by atoms with Gasteiger partial charge in [0.15, 0.2) is 0 Å². The molecule has 0 aliphatic carbocycles. The Morgan fingerprint density at radius 3 is 1.29 bits per heavy atom. The Hall–Kier alpha value is -0.990. The van der Waals surface area contributed by atoms with Crippen LogP contribution >= 0.6 is 0 Å². The van der Waals surface area contributed by atoms with Gasteiger partial charge < -0.3 is 4.58 Å². The molecule has 0 saturated heterocycles. The first kappa shape index (κ1) is 11.1. The fourth-order valence-corrected chi connectivity index (χ4v) is 1.41. The minimum Gasteiger partial charge on any atom is -0.525 e. The van der Waals surface area contributed by atoms with Crippen molar-refractivity contribution < 1.29 is 4.58 Å². The molecule has 1 rings (SSSR count). The van der Waals surface area contributed by atoms with Crippen LogP contribution in [0.2, 0.25) is 0 Å². The summed E-state index contributed by atoms with van der Waals surface area (Å²) in [5.41, 5.74) is -0.00347. The molecule has 1 aliphatic heterocycles. The smallest absolute Gasteiger partial charge is 0.0665 e. The highest BCUT2D eigenvalue weighted by Crippen LogP contribution is 2.43. The fourth-order valence-electron chi connectivity index (χ4n) is 1.41. The predicted molar refractivity (Wildman–Crippen MR) is 57.6 cm³/mol. The predicted octanol–water partition coefficient (Wildman–Crippen LogP) is 3.24. The molecule has 0 saturated carbocycles. The normalized spacial score (nSPS) is 18.3. The minimum atomic E-state index is -0.00174. The van der Waals surface area contributed by atoms with Crippen molar-refractivity contribution in [1.29, 1.82) is 0 Å². The molecule has 0 aromatic carbocycles. The summed E-state index contributed by atoms with van der Waals surface area (Å²) in [5, 5.41) is 8.41. The SMILES string of the molecule is C=[N+]1[C-](C(C)(C)C)N=N[C-]1C(C)(C)C. The average Bonchev–Trinajstić information content (AvgIpc) is 2.26. The highest BCUT2D eigenvalue weighted by Gasteiger charge is 2.33. The first-order chi connectivity index (χ1) is 6.14. The maximum absolute atomic E-state index is 4.20. The summed E-state index contributed by atoms with van der Waals surface area (Å²) in [6.07, 6.45) is 1.87. The van der Waals surface area contributed by atoms with Crippen LogP contribution < -0.4 is 0 Å². The summed E-state index contributed by atoms with van der Waals surface area (Å²) in [7, 11) is 0. The van der Waals surface area contributed by atoms with Gasteiger partial charge in [-0.15, -0.1) is 0 Å². The Labute approximate surface area is 86.9 Å². The van der Waals surface area contributed by atoms with E-state index in [2.05, 4.69) is 58.5 Å². The van der Waals surface area contributed by atoms with Crippen LogP contribution in [0.3, 0.4) is 0 Å². The van der Waals surface area contributed by atoms with Gasteiger partial charge in [0.25, 0.3) is 0 Å². The second-order valence-electron chi connectivity index (χ2n) is 5.78. The minimum absolute atomic E-state index is 0.00174. The molecule has 0 radical (unpaired) electrons. The highest BCUT2D eigenvalue weighted by atomic mass is 15.4. The third-order valence-corrected chi connectivity index (χ3v) is 2.09. The lowest BCUT2D eigenvalue weighted by atomic mass is 9.89. The van der Waals surface area contributed by atoms with E-state index in [1.165, 1.54) is 0 Å². The zero-order valence-electron chi connectivity index (χ0n) is 10.0. The molecule has 80 valence electrons. The van der Waals surface area contributed by atoms with E-state index in [1.807, 2.05) is 4.58 Å². The molecule has 0 atom stereocenters. The molecule has 0 amide bonds. The summed E-state index contributed by atoms with van der Waals surface area (Å²) < 4.78 is 1.86. The number of nitrogens with zero attached hydrogens (tertiary/aromatic N) is 3. The van der Waals surface area contributed by atoms with Gasteiger partial charge in [-0.2, -0.15) is 6.72 Å². The zero-order valence-corrected chi connectivity index (χ0v) is 10.0. The molecule has 0 bridgehead atoms. The fraction of sp³-hybridized carbons (Fsp3) is 0.727. The molecule has 0 aromatic heterocycles. The van der Waals surface area contributed by atoms with Crippen LogP contribution in [0.1, 0.15) is 41.5 Å². The van der Waals surface area contributed by atoms with Gasteiger partial charge >= 0.3 is 0 Å². The van der Waals surface area contributed by atoms with Gasteiger partial charge in [-0.05, 0) is 10.8 Å². The molecule has 1 aliphatic rings. The lowest BCUT2D eigenvalue weighted by Crippen LogP contribution is -2.31. The molecule has 3 heteroatoms. The molecule has 0 aromatic rings. The number of rotatable bonds is 0. The lowest BCUT2D eigenvalue weighted by molar-refractivity contribution is -0.505. The molecule has 1 heterocycles. The van der Waals surface area contributed by atoms with Gasteiger partial charge in [0.05, 0.1) is 12.3 Å². The molecule has 0 fully saturated rings. The Morgan fingerprint density at radius 1 is 0.857 bits per heavy atom. The van der Waals surface area contributed by atoms with E-state index in [0.717, 1.165) is 12.3 Å². The molecule has 0 spiro atoms. The van der Waals surface area contributed by atoms with E-state index in [-0.39, 0.29) is 10.8 Å². The Kier molecular flexibility index (Phi) is 2.38. The molecular weight excluding hydrogens is 174 g/mol. The Balaban J connectivity index is 2.87. The second kappa shape index (κ2) is 3.01. The van der Waals surface area contributed by atoms with Crippen molar-refractivity contribution in [1.82, 2.24) is 0 Å².